The Bertz CT molecular complexity index is 3520. The zero-order valence-corrected chi connectivity index (χ0v) is 46.3. The zero-order valence-electron chi connectivity index (χ0n) is 46.3. The summed E-state index contributed by atoms with van der Waals surface area (Å²) < 4.78 is 0. The van der Waals surface area contributed by atoms with Crippen LogP contribution in [0.15, 0.2) is 164 Å². The number of nitrogens with zero attached hydrogens (tertiary/aromatic N) is 3. The third kappa shape index (κ3) is 7.36. The maximum Gasteiger partial charge on any atom is 0.252 e. The van der Waals surface area contributed by atoms with Gasteiger partial charge in [-0.3, -0.25) is 0 Å². The second kappa shape index (κ2) is 16.9. The molecule has 8 aromatic rings. The summed E-state index contributed by atoms with van der Waals surface area (Å²) >= 11 is 0. The number of fused-ring (bicyclic) bond motifs is 7. The molecule has 2 unspecified atom stereocenters. The highest BCUT2D eigenvalue weighted by molar-refractivity contribution is 7.00. The van der Waals surface area contributed by atoms with Crippen LogP contribution in [0.1, 0.15) is 135 Å². The van der Waals surface area contributed by atoms with Gasteiger partial charge < -0.3 is 14.7 Å². The standard InChI is InChI=1S/C70H74BN3/c1-45-38-46(2)65-55(39-45)69(12)36-22-23-37-70(69,13)74(65)52-43-62-64-63(44-52)73(59-34-31-50(67(6,7)8)41-54(59)48-26-18-15-19-27-48)61-35-32-51(68(9,10)11)42-57(61)71(64)56-28-20-21-29-60(56)72(62)58-33-30-49(66(3,4)5)40-53(58)47-24-16-14-17-25-47/h14-21,24-35,38-44H,22-23,36-37H2,1-13H3. The molecule has 1 aliphatic carbocycles. The van der Waals surface area contributed by atoms with Crippen molar-refractivity contribution in [1.29, 1.82) is 0 Å². The van der Waals surface area contributed by atoms with Gasteiger partial charge in [0, 0.05) is 50.7 Å². The van der Waals surface area contributed by atoms with Crippen LogP contribution in [0.4, 0.5) is 45.5 Å². The molecule has 3 nitrogen and oxygen atoms in total. The van der Waals surface area contributed by atoms with Crippen LogP contribution in [0.2, 0.25) is 0 Å². The van der Waals surface area contributed by atoms with E-state index in [0.717, 1.165) is 6.42 Å². The molecule has 1 saturated carbocycles. The molecule has 0 saturated heterocycles. The van der Waals surface area contributed by atoms with Crippen LogP contribution in [0.3, 0.4) is 0 Å². The smallest absolute Gasteiger partial charge is 0.252 e. The van der Waals surface area contributed by atoms with Crippen LogP contribution in [0.5, 0.6) is 0 Å². The molecular weight excluding hydrogens is 894 g/mol. The van der Waals surface area contributed by atoms with Crippen LogP contribution in [0.25, 0.3) is 22.3 Å². The van der Waals surface area contributed by atoms with Crippen molar-refractivity contribution in [3.63, 3.8) is 0 Å². The van der Waals surface area contributed by atoms with Gasteiger partial charge in [-0.15, -0.1) is 0 Å². The van der Waals surface area contributed by atoms with Gasteiger partial charge in [-0.05, 0) is 154 Å². The van der Waals surface area contributed by atoms with E-state index in [1.807, 2.05) is 0 Å². The van der Waals surface area contributed by atoms with Gasteiger partial charge in [0.1, 0.15) is 0 Å². The van der Waals surface area contributed by atoms with Gasteiger partial charge in [0.05, 0.1) is 16.9 Å². The molecule has 0 radical (unpaired) electrons. The SMILES string of the molecule is Cc1cc(C)c2c(c1)C1(C)CCCCC1(C)N2c1cc2c3c(c1)N(c1ccc(C(C)(C)C)cc1-c1ccccc1)c1ccc(C(C)(C)C)cc1B3c1ccccc1N2c1ccc(C(C)(C)C)cc1-c1ccccc1. The maximum atomic E-state index is 2.85. The molecule has 2 atom stereocenters. The molecule has 0 amide bonds. The first-order valence-electron chi connectivity index (χ1n) is 27.5. The van der Waals surface area contributed by atoms with Crippen molar-refractivity contribution in [3.8, 4) is 22.3 Å². The lowest BCUT2D eigenvalue weighted by molar-refractivity contribution is 0.195. The van der Waals surface area contributed by atoms with Crippen LogP contribution < -0.4 is 31.1 Å². The van der Waals surface area contributed by atoms with Crippen molar-refractivity contribution in [2.24, 2.45) is 0 Å². The third-order valence-electron chi connectivity index (χ3n) is 18.0. The predicted molar refractivity (Wildman–Crippen MR) is 320 cm³/mol. The highest BCUT2D eigenvalue weighted by Crippen LogP contribution is 2.63. The molecule has 0 spiro atoms. The Morgan fingerprint density at radius 3 is 1.46 bits per heavy atom. The van der Waals surface area contributed by atoms with Crippen molar-refractivity contribution in [3.05, 3.63) is 197 Å². The Balaban J connectivity index is 1.25. The van der Waals surface area contributed by atoms with Crippen molar-refractivity contribution in [1.82, 2.24) is 0 Å². The fourth-order valence-corrected chi connectivity index (χ4v) is 13.8. The van der Waals surface area contributed by atoms with E-state index in [9.17, 15) is 0 Å². The second-order valence-electron chi connectivity index (χ2n) is 25.9. The topological polar surface area (TPSA) is 9.72 Å². The second-order valence-corrected chi connectivity index (χ2v) is 25.9. The summed E-state index contributed by atoms with van der Waals surface area (Å²) in [6.45, 7) is 30.9. The lowest BCUT2D eigenvalue weighted by Gasteiger charge is -2.51. The molecule has 74 heavy (non-hydrogen) atoms. The van der Waals surface area contributed by atoms with E-state index in [1.165, 1.54) is 137 Å². The first kappa shape index (κ1) is 48.2. The molecule has 3 aliphatic heterocycles. The van der Waals surface area contributed by atoms with Gasteiger partial charge in [-0.2, -0.15) is 0 Å². The normalized spacial score (nSPS) is 18.9. The van der Waals surface area contributed by atoms with Gasteiger partial charge in [-0.1, -0.05) is 203 Å². The fraction of sp³-hybridized carbons (Fsp3) is 0.314. The quantitative estimate of drug-likeness (QED) is 0.159. The van der Waals surface area contributed by atoms with Gasteiger partial charge >= 0.3 is 0 Å². The average Bonchev–Trinajstić information content (AvgIpc) is 3.63. The first-order chi connectivity index (χ1) is 35.2. The summed E-state index contributed by atoms with van der Waals surface area (Å²) in [5.41, 5.74) is 26.8. The summed E-state index contributed by atoms with van der Waals surface area (Å²) in [5, 5.41) is 0. The Kier molecular flexibility index (Phi) is 11.0. The number of para-hydroxylation sites is 1. The molecule has 4 heteroatoms. The molecule has 8 aromatic carbocycles. The van der Waals surface area contributed by atoms with Crippen LogP contribution >= 0.6 is 0 Å². The van der Waals surface area contributed by atoms with Crippen molar-refractivity contribution in [2.75, 3.05) is 14.7 Å². The Labute approximate surface area is 443 Å². The van der Waals surface area contributed by atoms with E-state index in [4.69, 9.17) is 0 Å². The minimum atomic E-state index is -0.157. The van der Waals surface area contributed by atoms with Gasteiger partial charge in [0.2, 0.25) is 0 Å². The van der Waals surface area contributed by atoms with Gasteiger partial charge in [-0.25, -0.2) is 0 Å². The number of rotatable bonds is 5. The van der Waals surface area contributed by atoms with E-state index in [2.05, 4.69) is 269 Å². The Morgan fingerprint density at radius 1 is 0.446 bits per heavy atom. The van der Waals surface area contributed by atoms with Crippen LogP contribution in [-0.2, 0) is 21.7 Å². The summed E-state index contributed by atoms with van der Waals surface area (Å²) in [7, 11) is 0. The number of benzene rings is 8. The lowest BCUT2D eigenvalue weighted by Crippen LogP contribution is -2.61. The molecule has 0 aromatic heterocycles. The number of hydrogen-bond acceptors (Lipinski definition) is 3. The fourth-order valence-electron chi connectivity index (χ4n) is 13.8. The third-order valence-corrected chi connectivity index (χ3v) is 18.0. The van der Waals surface area contributed by atoms with E-state index in [0.29, 0.717) is 0 Å². The minimum Gasteiger partial charge on any atom is -0.334 e. The Morgan fingerprint density at radius 2 is 0.919 bits per heavy atom. The summed E-state index contributed by atoms with van der Waals surface area (Å²) in [4.78, 5) is 8.20. The number of hydrogen-bond donors (Lipinski definition) is 0. The van der Waals surface area contributed by atoms with Gasteiger partial charge in [0.15, 0.2) is 0 Å². The monoisotopic (exact) mass is 968 g/mol. The molecule has 0 bridgehead atoms. The molecule has 4 aliphatic rings. The minimum absolute atomic E-state index is 0.0242. The van der Waals surface area contributed by atoms with Crippen molar-refractivity contribution >= 4 is 68.6 Å². The maximum absolute atomic E-state index is 2.85. The van der Waals surface area contributed by atoms with Crippen LogP contribution in [-0.4, -0.2) is 12.3 Å². The molecule has 0 N–H and O–H groups in total. The highest BCUT2D eigenvalue weighted by atomic mass is 15.3. The molecule has 3 heterocycles. The summed E-state index contributed by atoms with van der Waals surface area (Å²) in [5.74, 6) is 0. The van der Waals surface area contributed by atoms with Gasteiger partial charge in [0.25, 0.3) is 6.71 Å². The summed E-state index contributed by atoms with van der Waals surface area (Å²) in [6.07, 6.45) is 4.75. The largest absolute Gasteiger partial charge is 0.334 e. The Hall–Kier alpha value is -6.78. The van der Waals surface area contributed by atoms with E-state index in [1.54, 1.807) is 0 Å². The highest BCUT2D eigenvalue weighted by Gasteiger charge is 2.58. The van der Waals surface area contributed by atoms with Crippen molar-refractivity contribution < 1.29 is 0 Å². The molecule has 372 valence electrons. The zero-order chi connectivity index (χ0) is 51.9. The molecule has 12 rings (SSSR count). The van der Waals surface area contributed by atoms with E-state index < -0.39 is 0 Å². The van der Waals surface area contributed by atoms with E-state index >= 15 is 0 Å². The number of aryl methyl sites for hydroxylation is 2. The molecular formula is C70H74BN3. The van der Waals surface area contributed by atoms with Crippen LogP contribution in [0, 0.1) is 13.8 Å². The first-order valence-corrected chi connectivity index (χ1v) is 27.5. The predicted octanol–water partition coefficient (Wildman–Crippen LogP) is 17.4. The van der Waals surface area contributed by atoms with E-state index in [-0.39, 0.29) is 33.9 Å². The van der Waals surface area contributed by atoms with Crippen molar-refractivity contribution in [2.45, 2.75) is 143 Å². The summed E-state index contributed by atoms with van der Waals surface area (Å²) in [6, 6.07) is 63.9. The average molecular weight is 968 g/mol. The lowest BCUT2D eigenvalue weighted by atomic mass is 9.33. The molecule has 1 fully saturated rings. The number of anilines is 8.